The Morgan fingerprint density at radius 1 is 1.15 bits per heavy atom. The molecule has 11 heteroatoms. The number of hydrogen-bond acceptors (Lipinski definition) is 7. The van der Waals surface area contributed by atoms with Gasteiger partial charge in [-0.1, -0.05) is 42.4 Å². The van der Waals surface area contributed by atoms with Gasteiger partial charge in [-0.15, -0.1) is 5.92 Å². The lowest BCUT2D eigenvalue weighted by Gasteiger charge is -2.43. The molecular formula is C30H33ClN2O7S. The fourth-order valence-electron chi connectivity index (χ4n) is 4.63. The number of piperidine rings is 1. The lowest BCUT2D eigenvalue weighted by Crippen LogP contribution is -2.52. The maximum absolute atomic E-state index is 13.3. The van der Waals surface area contributed by atoms with E-state index in [0.29, 0.717) is 36.0 Å². The second-order valence-corrected chi connectivity index (χ2v) is 12.0. The summed E-state index contributed by atoms with van der Waals surface area (Å²) in [5.74, 6) is 10.1. The Labute approximate surface area is 246 Å². The molecule has 41 heavy (non-hydrogen) atoms. The highest BCUT2D eigenvalue weighted by atomic mass is 35.5. The molecule has 1 heterocycles. The van der Waals surface area contributed by atoms with Crippen molar-refractivity contribution in [3.63, 3.8) is 0 Å². The van der Waals surface area contributed by atoms with Crippen molar-refractivity contribution >= 4 is 39.2 Å². The molecule has 1 aliphatic heterocycles. The smallest absolute Gasteiger partial charge is 0.412 e. The summed E-state index contributed by atoms with van der Waals surface area (Å²) in [5, 5.41) is 13.2. The summed E-state index contributed by atoms with van der Waals surface area (Å²) in [6.45, 7) is 4.41. The number of ether oxygens (including phenoxy) is 2. The molecule has 1 amide bonds. The molecule has 0 spiro atoms. The number of hydrogen-bond donors (Lipinski definition) is 2. The van der Waals surface area contributed by atoms with Crippen LogP contribution in [0.2, 0.25) is 5.02 Å². The number of carboxylic acid groups (broad SMARTS) is 1. The van der Waals surface area contributed by atoms with E-state index in [4.69, 9.17) is 21.1 Å². The van der Waals surface area contributed by atoms with Crippen molar-refractivity contribution in [3.05, 3.63) is 53.6 Å². The number of halogens is 1. The number of rotatable bonds is 10. The quantitative estimate of drug-likeness (QED) is 0.376. The number of sulfone groups is 1. The Morgan fingerprint density at radius 3 is 2.56 bits per heavy atom. The molecule has 0 aromatic heterocycles. The highest BCUT2D eigenvalue weighted by Crippen LogP contribution is 2.39. The van der Waals surface area contributed by atoms with Gasteiger partial charge in [0.15, 0.2) is 16.4 Å². The minimum absolute atomic E-state index is 0.0489. The molecule has 2 unspecified atom stereocenters. The molecule has 0 bridgehead atoms. The van der Waals surface area contributed by atoms with Crippen LogP contribution in [0.5, 0.6) is 5.75 Å². The second kappa shape index (κ2) is 14.8. The molecule has 1 saturated heterocycles. The summed E-state index contributed by atoms with van der Waals surface area (Å²) in [6, 6.07) is 12.4. The highest BCUT2D eigenvalue weighted by Gasteiger charge is 2.48. The number of carboxylic acids is 1. The second-order valence-electron chi connectivity index (χ2n) is 9.58. The van der Waals surface area contributed by atoms with Gasteiger partial charge in [-0.05, 0) is 68.7 Å². The first-order chi connectivity index (χ1) is 19.6. The predicted octanol–water partition coefficient (Wildman–Crippen LogP) is 4.71. The largest absolute Gasteiger partial charge is 0.481 e. The number of likely N-dealkylation sites (tertiary alicyclic amines) is 1. The first-order valence-electron chi connectivity index (χ1n) is 13.1. The van der Waals surface area contributed by atoms with Crippen molar-refractivity contribution in [2.45, 2.75) is 44.0 Å². The van der Waals surface area contributed by atoms with E-state index in [1.807, 2.05) is 11.8 Å². The number of aliphatic carboxylic acids is 1. The van der Waals surface area contributed by atoms with Gasteiger partial charge in [0.25, 0.3) is 0 Å². The Kier molecular flexibility index (Phi) is 11.5. The number of nitrogens with one attached hydrogen (secondary N) is 1. The molecule has 3 rings (SSSR count). The van der Waals surface area contributed by atoms with Crippen LogP contribution >= 0.6 is 11.6 Å². The molecule has 1 aliphatic rings. The molecule has 9 nitrogen and oxygen atoms in total. The van der Waals surface area contributed by atoms with Crippen LogP contribution in [0.15, 0.2) is 53.4 Å². The molecule has 218 valence electrons. The van der Waals surface area contributed by atoms with Gasteiger partial charge in [0.1, 0.15) is 12.4 Å². The maximum atomic E-state index is 13.3. The van der Waals surface area contributed by atoms with Crippen LogP contribution in [0.4, 0.5) is 10.5 Å². The fourth-order valence-corrected chi connectivity index (χ4v) is 6.65. The Morgan fingerprint density at radius 2 is 1.90 bits per heavy atom. The van der Waals surface area contributed by atoms with Crippen molar-refractivity contribution < 1.29 is 32.6 Å². The SMILES string of the molecule is CC#CCOc1ccc(S(=O)(=O)CC2(C(=O)O)CCN(CC#CCOC(=O)Nc3cccc(Cl)c3)C(CC)C2)cc1. The van der Waals surface area contributed by atoms with Crippen LogP contribution in [0, 0.1) is 29.1 Å². The Bertz CT molecular complexity index is 1460. The van der Waals surface area contributed by atoms with E-state index in [1.54, 1.807) is 43.3 Å². The van der Waals surface area contributed by atoms with Gasteiger partial charge in [-0.2, -0.15) is 0 Å². The molecule has 2 aromatic rings. The van der Waals surface area contributed by atoms with Crippen LogP contribution in [-0.4, -0.2) is 68.6 Å². The standard InChI is InChI=1S/C30H33ClN2O7S/c1-3-5-18-39-26-11-13-27(14-12-26)41(37,38)22-30(28(34)35)15-17-33(25(4-2)21-30)16-6-7-19-40-29(36)32-24-10-8-9-23(31)20-24/h8-14,20,25H,4,15-19,21-22H2,1-2H3,(H,32,36)(H,34,35). The Hall–Kier alpha value is -3.70. The van der Waals surface area contributed by atoms with Gasteiger partial charge in [0.2, 0.25) is 0 Å². The van der Waals surface area contributed by atoms with E-state index in [2.05, 4.69) is 29.0 Å². The van der Waals surface area contributed by atoms with E-state index in [9.17, 15) is 23.1 Å². The molecule has 0 saturated carbocycles. The minimum atomic E-state index is -3.88. The number of nitrogens with zero attached hydrogens (tertiary/aromatic N) is 1. The third-order valence-electron chi connectivity index (χ3n) is 6.84. The van der Waals surface area contributed by atoms with Gasteiger partial charge in [-0.25, -0.2) is 13.2 Å². The van der Waals surface area contributed by atoms with Crippen LogP contribution in [0.1, 0.15) is 33.1 Å². The topological polar surface area (TPSA) is 122 Å². The van der Waals surface area contributed by atoms with Crippen LogP contribution < -0.4 is 10.1 Å². The number of amides is 1. The summed E-state index contributed by atoms with van der Waals surface area (Å²) in [4.78, 5) is 26.5. The average Bonchev–Trinajstić information content (AvgIpc) is 2.93. The van der Waals surface area contributed by atoms with Crippen LogP contribution in [-0.2, 0) is 19.4 Å². The molecule has 2 aromatic carbocycles. The number of carbonyl (C=O) groups excluding carboxylic acids is 1. The number of carbonyl (C=O) groups is 2. The molecule has 2 atom stereocenters. The van der Waals surface area contributed by atoms with E-state index in [0.717, 1.165) is 0 Å². The van der Waals surface area contributed by atoms with Gasteiger partial charge < -0.3 is 14.6 Å². The van der Waals surface area contributed by atoms with E-state index >= 15 is 0 Å². The van der Waals surface area contributed by atoms with E-state index in [-0.39, 0.29) is 37.0 Å². The molecule has 0 radical (unpaired) electrons. The van der Waals surface area contributed by atoms with Crippen molar-refractivity contribution in [3.8, 4) is 29.4 Å². The summed E-state index contributed by atoms with van der Waals surface area (Å²) in [7, 11) is -3.88. The summed E-state index contributed by atoms with van der Waals surface area (Å²) >= 11 is 5.90. The summed E-state index contributed by atoms with van der Waals surface area (Å²) in [6.07, 6.45) is 0.304. The molecule has 0 aliphatic carbocycles. The Balaban J connectivity index is 1.58. The summed E-state index contributed by atoms with van der Waals surface area (Å²) < 4.78 is 37.1. The van der Waals surface area contributed by atoms with Crippen molar-refractivity contribution in [1.82, 2.24) is 4.90 Å². The van der Waals surface area contributed by atoms with Gasteiger partial charge in [-0.3, -0.25) is 15.0 Å². The molecule has 1 fully saturated rings. The zero-order valence-electron chi connectivity index (χ0n) is 23.0. The zero-order chi connectivity index (χ0) is 29.9. The fraction of sp³-hybridized carbons (Fsp3) is 0.400. The van der Waals surface area contributed by atoms with Crippen LogP contribution in [0.3, 0.4) is 0 Å². The maximum Gasteiger partial charge on any atom is 0.412 e. The minimum Gasteiger partial charge on any atom is -0.481 e. The van der Waals surface area contributed by atoms with Crippen molar-refractivity contribution in [1.29, 1.82) is 0 Å². The van der Waals surface area contributed by atoms with Gasteiger partial charge in [0, 0.05) is 23.3 Å². The monoisotopic (exact) mass is 600 g/mol. The molecule has 2 N–H and O–H groups in total. The third-order valence-corrected chi connectivity index (χ3v) is 8.99. The number of anilines is 1. The lowest BCUT2D eigenvalue weighted by molar-refractivity contribution is -0.151. The summed E-state index contributed by atoms with van der Waals surface area (Å²) in [5.41, 5.74) is -0.918. The third kappa shape index (κ3) is 9.15. The highest BCUT2D eigenvalue weighted by molar-refractivity contribution is 7.91. The normalized spacial score (nSPS) is 18.7. The van der Waals surface area contributed by atoms with Crippen LogP contribution in [0.25, 0.3) is 0 Å². The van der Waals surface area contributed by atoms with E-state index < -0.39 is 33.1 Å². The van der Waals surface area contributed by atoms with Gasteiger partial charge >= 0.3 is 12.1 Å². The number of benzene rings is 2. The lowest BCUT2D eigenvalue weighted by atomic mass is 9.76. The average molecular weight is 601 g/mol. The first-order valence-corrected chi connectivity index (χ1v) is 15.1. The predicted molar refractivity (Wildman–Crippen MR) is 157 cm³/mol. The van der Waals surface area contributed by atoms with Gasteiger partial charge in [0.05, 0.1) is 22.6 Å². The van der Waals surface area contributed by atoms with Crippen molar-refractivity contribution in [2.75, 3.05) is 37.4 Å². The first kappa shape index (κ1) is 31.8. The van der Waals surface area contributed by atoms with Crippen molar-refractivity contribution in [2.24, 2.45) is 5.41 Å². The zero-order valence-corrected chi connectivity index (χ0v) is 24.6. The molecular weight excluding hydrogens is 568 g/mol. The van der Waals surface area contributed by atoms with E-state index in [1.165, 1.54) is 12.1 Å².